The lowest BCUT2D eigenvalue weighted by Gasteiger charge is -2.27. The molecule has 13 heteroatoms. The highest BCUT2D eigenvalue weighted by Gasteiger charge is 2.36. The number of hydrogen-bond donors (Lipinski definition) is 3. The van der Waals surface area contributed by atoms with Crippen molar-refractivity contribution in [2.24, 2.45) is 10.2 Å². The molecule has 0 aliphatic rings. The number of nitrogens with one attached hydrogen (secondary N) is 3. The molecule has 0 heterocycles. The molecule has 1 amide bonds. The van der Waals surface area contributed by atoms with Gasteiger partial charge in [0.05, 0.1) is 16.3 Å². The van der Waals surface area contributed by atoms with Crippen molar-refractivity contribution in [3.05, 3.63) is 94.5 Å². The fourth-order valence-corrected chi connectivity index (χ4v) is 3.32. The van der Waals surface area contributed by atoms with Crippen LogP contribution in [0.3, 0.4) is 0 Å². The van der Waals surface area contributed by atoms with E-state index in [9.17, 15) is 14.9 Å². The fraction of sp³-hybridized carbons (Fsp3) is 0.0909. The molecule has 180 valence electrons. The van der Waals surface area contributed by atoms with Gasteiger partial charge in [0, 0.05) is 11.8 Å². The van der Waals surface area contributed by atoms with Crippen LogP contribution in [0.2, 0.25) is 0 Å². The maximum atomic E-state index is 12.7. The van der Waals surface area contributed by atoms with Gasteiger partial charge in [0.1, 0.15) is 11.7 Å². The van der Waals surface area contributed by atoms with Crippen LogP contribution in [0.4, 0.5) is 22.7 Å². The highest BCUT2D eigenvalue weighted by atomic mass is 35.6. The number of hydrogen-bond acceptors (Lipinski definition) is 6. The van der Waals surface area contributed by atoms with Crippen LogP contribution >= 0.6 is 47.0 Å². The van der Waals surface area contributed by atoms with Gasteiger partial charge in [-0.2, -0.15) is 10.2 Å². The molecule has 3 aromatic rings. The molecule has 1 atom stereocenters. The van der Waals surface area contributed by atoms with Gasteiger partial charge >= 0.3 is 0 Å². The number of nitrogens with zero attached hydrogens (tertiary/aromatic N) is 3. The van der Waals surface area contributed by atoms with Crippen LogP contribution in [-0.2, 0) is 0 Å². The van der Waals surface area contributed by atoms with Crippen LogP contribution in [0.25, 0.3) is 0 Å². The summed E-state index contributed by atoms with van der Waals surface area (Å²) in [5.41, 5.74) is 1.35. The quantitative estimate of drug-likeness (QED) is 0.0778. The van der Waals surface area contributed by atoms with Gasteiger partial charge in [0.2, 0.25) is 3.79 Å². The second-order valence-corrected chi connectivity index (χ2v) is 9.68. The zero-order valence-electron chi connectivity index (χ0n) is 17.7. The van der Waals surface area contributed by atoms with E-state index in [1.54, 1.807) is 24.3 Å². The number of nitro benzene ring substituents is 1. The molecule has 35 heavy (non-hydrogen) atoms. The Balaban J connectivity index is 1.64. The number of para-hydroxylation sites is 1. The van der Waals surface area contributed by atoms with Crippen molar-refractivity contribution in [3.8, 4) is 0 Å². The van der Waals surface area contributed by atoms with Crippen LogP contribution in [0.5, 0.6) is 0 Å². The molecule has 3 aromatic carbocycles. The van der Waals surface area contributed by atoms with Crippen LogP contribution in [-0.4, -0.2) is 25.9 Å². The minimum Gasteiger partial charge on any atom is -0.339 e. The first-order valence-corrected chi connectivity index (χ1v) is 11.4. The van der Waals surface area contributed by atoms with Gasteiger partial charge in [-0.15, -0.1) is 0 Å². The van der Waals surface area contributed by atoms with E-state index < -0.39 is 26.5 Å². The number of anilines is 1. The number of alkyl halides is 3. The molecule has 9 nitrogen and oxygen atoms in total. The first-order chi connectivity index (χ1) is 16.6. The van der Waals surface area contributed by atoms with Crippen molar-refractivity contribution in [2.45, 2.75) is 9.96 Å². The molecule has 0 radical (unpaired) electrons. The number of carbonyl (C=O) groups excluding carboxylic acids is 1. The van der Waals surface area contributed by atoms with Crippen LogP contribution < -0.4 is 16.0 Å². The Morgan fingerprint density at radius 1 is 0.886 bits per heavy atom. The lowest BCUT2D eigenvalue weighted by atomic mass is 10.1. The fourth-order valence-electron chi connectivity index (χ4n) is 2.75. The van der Waals surface area contributed by atoms with Gasteiger partial charge < -0.3 is 16.0 Å². The van der Waals surface area contributed by atoms with Crippen LogP contribution in [0.1, 0.15) is 10.4 Å². The van der Waals surface area contributed by atoms with Gasteiger partial charge in [0.25, 0.3) is 11.6 Å². The second-order valence-electron chi connectivity index (χ2n) is 6.90. The number of thiocarbonyl (C=S) groups is 1. The molecule has 0 spiro atoms. The summed E-state index contributed by atoms with van der Waals surface area (Å²) >= 11 is 23.3. The van der Waals surface area contributed by atoms with Crippen molar-refractivity contribution in [1.82, 2.24) is 10.6 Å². The average Bonchev–Trinajstić information content (AvgIpc) is 2.83. The topological polar surface area (TPSA) is 121 Å². The third-order valence-electron chi connectivity index (χ3n) is 4.39. The first kappa shape index (κ1) is 26.3. The van der Waals surface area contributed by atoms with Crippen molar-refractivity contribution < 1.29 is 9.72 Å². The van der Waals surface area contributed by atoms with E-state index in [-0.39, 0.29) is 10.7 Å². The zero-order valence-corrected chi connectivity index (χ0v) is 20.8. The van der Waals surface area contributed by atoms with E-state index in [1.807, 2.05) is 30.3 Å². The Kier molecular flexibility index (Phi) is 8.94. The monoisotopic (exact) mass is 550 g/mol. The summed E-state index contributed by atoms with van der Waals surface area (Å²) in [6, 6.07) is 21.6. The number of amides is 1. The van der Waals surface area contributed by atoms with Crippen molar-refractivity contribution >= 4 is 80.8 Å². The number of nitro groups is 1. The molecule has 0 aromatic heterocycles. The Labute approximate surface area is 220 Å². The van der Waals surface area contributed by atoms with Crippen molar-refractivity contribution in [1.29, 1.82) is 0 Å². The van der Waals surface area contributed by atoms with Gasteiger partial charge in [-0.25, -0.2) is 0 Å². The summed E-state index contributed by atoms with van der Waals surface area (Å²) in [5.74, 6) is -0.822. The number of carbonyl (C=O) groups is 1. The largest absolute Gasteiger partial charge is 0.339 e. The molecule has 0 saturated carbocycles. The summed E-state index contributed by atoms with van der Waals surface area (Å²) in [4.78, 5) is 23.2. The van der Waals surface area contributed by atoms with Crippen LogP contribution in [0, 0.1) is 10.1 Å². The smallest absolute Gasteiger partial charge is 0.282 e. The Morgan fingerprint density at radius 3 is 2.06 bits per heavy atom. The van der Waals surface area contributed by atoms with Gasteiger partial charge in [-0.3, -0.25) is 14.9 Å². The van der Waals surface area contributed by atoms with Crippen molar-refractivity contribution in [3.63, 3.8) is 0 Å². The molecule has 0 aliphatic carbocycles. The number of rotatable bonds is 7. The number of halogens is 3. The molecule has 0 aliphatic heterocycles. The standard InChI is InChI=1S/C22H17Cl3N6O3S/c23-22(24,25)20(27-19(32)17-8-4-5-9-18(17)31(33)34)28-21(35)26-14-10-12-16(13-11-14)30-29-15-6-2-1-3-7-15/h1-13,20H,(H,27,32)(H2,26,28,35). The highest BCUT2D eigenvalue weighted by molar-refractivity contribution is 7.80. The van der Waals surface area contributed by atoms with Gasteiger partial charge in [-0.1, -0.05) is 65.1 Å². The lowest BCUT2D eigenvalue weighted by molar-refractivity contribution is -0.385. The van der Waals surface area contributed by atoms with Crippen molar-refractivity contribution in [2.75, 3.05) is 5.32 Å². The SMILES string of the molecule is O=C(NC(NC(=S)Nc1ccc(N=Nc2ccccc2)cc1)C(Cl)(Cl)Cl)c1ccccc1[N+](=O)[O-]. The third-order valence-corrected chi connectivity index (χ3v) is 5.26. The normalized spacial score (nSPS) is 12.1. The molecule has 1 unspecified atom stereocenters. The van der Waals surface area contributed by atoms with E-state index in [1.165, 1.54) is 24.3 Å². The number of benzene rings is 3. The summed E-state index contributed by atoms with van der Waals surface area (Å²) in [6.45, 7) is 0. The maximum Gasteiger partial charge on any atom is 0.282 e. The predicted molar refractivity (Wildman–Crippen MR) is 141 cm³/mol. The summed E-state index contributed by atoms with van der Waals surface area (Å²) in [7, 11) is 0. The van der Waals surface area contributed by atoms with E-state index in [4.69, 9.17) is 47.0 Å². The molecule has 3 rings (SSSR count). The van der Waals surface area contributed by atoms with Gasteiger partial charge in [-0.05, 0) is 54.7 Å². The molecule has 0 saturated heterocycles. The Bertz CT molecular complexity index is 1240. The lowest BCUT2D eigenvalue weighted by Crippen LogP contribution is -2.56. The van der Waals surface area contributed by atoms with Gasteiger partial charge in [0.15, 0.2) is 5.11 Å². The van der Waals surface area contributed by atoms with E-state index in [2.05, 4.69) is 26.2 Å². The molecule has 0 fully saturated rings. The molecular weight excluding hydrogens is 535 g/mol. The zero-order chi connectivity index (χ0) is 25.4. The van der Waals surface area contributed by atoms with E-state index in [0.717, 1.165) is 5.69 Å². The maximum absolute atomic E-state index is 12.7. The Hall–Kier alpha value is -3.31. The average molecular weight is 552 g/mol. The third kappa shape index (κ3) is 7.86. The summed E-state index contributed by atoms with van der Waals surface area (Å²) in [6.07, 6.45) is -1.31. The number of azo groups is 1. The minimum atomic E-state index is -2.04. The minimum absolute atomic E-state index is 0.0304. The van der Waals surface area contributed by atoms with Crippen LogP contribution in [0.15, 0.2) is 89.1 Å². The summed E-state index contributed by atoms with van der Waals surface area (Å²) in [5, 5.41) is 27.6. The first-order valence-electron chi connectivity index (χ1n) is 9.89. The Morgan fingerprint density at radius 2 is 1.46 bits per heavy atom. The molecular formula is C22H17Cl3N6O3S. The summed E-state index contributed by atoms with van der Waals surface area (Å²) < 4.78 is -2.04. The molecule has 3 N–H and O–H groups in total. The predicted octanol–water partition coefficient (Wildman–Crippen LogP) is 6.42. The second kappa shape index (κ2) is 11.9. The van der Waals surface area contributed by atoms with E-state index in [0.29, 0.717) is 11.4 Å². The van der Waals surface area contributed by atoms with E-state index >= 15 is 0 Å². The highest BCUT2D eigenvalue weighted by Crippen LogP contribution is 2.30. The molecule has 0 bridgehead atoms.